The summed E-state index contributed by atoms with van der Waals surface area (Å²) in [6.45, 7) is 1.67. The minimum Gasteiger partial charge on any atom is -0.396 e. The van der Waals surface area contributed by atoms with Crippen molar-refractivity contribution in [1.29, 1.82) is 0 Å². The number of hydrogen-bond donors (Lipinski definition) is 1. The molecule has 2 rings (SSSR count). The summed E-state index contributed by atoms with van der Waals surface area (Å²) in [5, 5.41) is 9.12. The Morgan fingerprint density at radius 3 is 2.81 bits per heavy atom. The molecule has 0 radical (unpaired) electrons. The van der Waals surface area contributed by atoms with Gasteiger partial charge in [0.05, 0.1) is 0 Å². The van der Waals surface area contributed by atoms with Crippen molar-refractivity contribution in [3.8, 4) is 0 Å². The normalized spacial score (nSPS) is 20.8. The van der Waals surface area contributed by atoms with Gasteiger partial charge in [0, 0.05) is 25.3 Å². The Kier molecular flexibility index (Phi) is 3.57. The van der Waals surface area contributed by atoms with E-state index in [-0.39, 0.29) is 18.4 Å². The van der Waals surface area contributed by atoms with Crippen LogP contribution in [0, 0.1) is 5.92 Å². The number of benzene rings is 1. The number of hydrogen-bond acceptors (Lipinski definition) is 2. The molecule has 1 atom stereocenters. The first kappa shape index (κ1) is 11.1. The number of carbonyl (C=O) groups excluding carboxylic acids is 1. The third-order valence-electron chi connectivity index (χ3n) is 3.09. The second-order valence-electron chi connectivity index (χ2n) is 4.31. The van der Waals surface area contributed by atoms with Crippen LogP contribution < -0.4 is 0 Å². The summed E-state index contributed by atoms with van der Waals surface area (Å²) in [6.07, 6.45) is 2.01. The van der Waals surface area contributed by atoms with Crippen molar-refractivity contribution in [3.05, 3.63) is 35.9 Å². The van der Waals surface area contributed by atoms with E-state index >= 15 is 0 Å². The lowest BCUT2D eigenvalue weighted by atomic mass is 9.98. The van der Waals surface area contributed by atoms with Crippen LogP contribution in [0.4, 0.5) is 0 Å². The van der Waals surface area contributed by atoms with Crippen molar-refractivity contribution >= 4 is 5.91 Å². The number of aliphatic hydroxyl groups is 1. The molecule has 1 N–H and O–H groups in total. The largest absolute Gasteiger partial charge is 0.396 e. The summed E-state index contributed by atoms with van der Waals surface area (Å²) in [7, 11) is 0. The van der Waals surface area contributed by atoms with Crippen LogP contribution in [0.2, 0.25) is 0 Å². The minimum absolute atomic E-state index is 0.0822. The van der Waals surface area contributed by atoms with Crippen molar-refractivity contribution in [3.63, 3.8) is 0 Å². The highest BCUT2D eigenvalue weighted by Crippen LogP contribution is 2.17. The Morgan fingerprint density at radius 2 is 2.12 bits per heavy atom. The van der Waals surface area contributed by atoms with E-state index in [2.05, 4.69) is 0 Å². The number of aliphatic hydroxyl groups excluding tert-OH is 1. The molecule has 1 amide bonds. The van der Waals surface area contributed by atoms with Gasteiger partial charge in [-0.25, -0.2) is 0 Å². The highest BCUT2D eigenvalue weighted by Gasteiger charge is 2.23. The van der Waals surface area contributed by atoms with Crippen LogP contribution >= 0.6 is 0 Å². The van der Waals surface area contributed by atoms with Crippen LogP contribution in [0.25, 0.3) is 0 Å². The van der Waals surface area contributed by atoms with E-state index in [1.54, 1.807) is 0 Å². The van der Waals surface area contributed by atoms with E-state index in [0.717, 1.165) is 24.9 Å². The van der Waals surface area contributed by atoms with Gasteiger partial charge in [-0.2, -0.15) is 0 Å². The predicted molar refractivity (Wildman–Crippen MR) is 62.2 cm³/mol. The van der Waals surface area contributed by atoms with Gasteiger partial charge in [0.1, 0.15) is 0 Å². The molecule has 1 fully saturated rings. The van der Waals surface area contributed by atoms with Crippen LogP contribution in [0.15, 0.2) is 30.3 Å². The standard InChI is InChI=1S/C13H17NO2/c15-10-11-5-4-8-14(9-11)13(16)12-6-2-1-3-7-12/h1-3,6-7,11,15H,4-5,8-10H2/t11-/m1/s1. The Bertz CT molecular complexity index is 350. The summed E-state index contributed by atoms with van der Waals surface area (Å²) in [4.78, 5) is 14.0. The summed E-state index contributed by atoms with van der Waals surface area (Å²) in [5.74, 6) is 0.333. The molecule has 1 aliphatic rings. The van der Waals surface area contributed by atoms with Crippen LogP contribution in [0.3, 0.4) is 0 Å². The second kappa shape index (κ2) is 5.12. The van der Waals surface area contributed by atoms with Gasteiger partial charge >= 0.3 is 0 Å². The van der Waals surface area contributed by atoms with Crippen molar-refractivity contribution < 1.29 is 9.90 Å². The summed E-state index contributed by atoms with van der Waals surface area (Å²) < 4.78 is 0. The van der Waals surface area contributed by atoms with Crippen molar-refractivity contribution in [2.75, 3.05) is 19.7 Å². The summed E-state index contributed by atoms with van der Waals surface area (Å²) >= 11 is 0. The maximum Gasteiger partial charge on any atom is 0.253 e. The molecule has 0 bridgehead atoms. The molecule has 1 aromatic rings. The van der Waals surface area contributed by atoms with Gasteiger partial charge in [-0.1, -0.05) is 18.2 Å². The maximum absolute atomic E-state index is 12.1. The van der Waals surface area contributed by atoms with E-state index in [4.69, 9.17) is 5.11 Å². The Balaban J connectivity index is 2.05. The van der Waals surface area contributed by atoms with Crippen LogP contribution in [0.1, 0.15) is 23.2 Å². The Hall–Kier alpha value is -1.35. The fraction of sp³-hybridized carbons (Fsp3) is 0.462. The van der Waals surface area contributed by atoms with Gasteiger partial charge < -0.3 is 10.0 Å². The molecule has 0 saturated carbocycles. The third kappa shape index (κ3) is 2.42. The molecular weight excluding hydrogens is 202 g/mol. The highest BCUT2D eigenvalue weighted by atomic mass is 16.3. The second-order valence-corrected chi connectivity index (χ2v) is 4.31. The van der Waals surface area contributed by atoms with Gasteiger partial charge in [0.2, 0.25) is 0 Å². The van der Waals surface area contributed by atoms with Crippen LogP contribution in [-0.2, 0) is 0 Å². The topological polar surface area (TPSA) is 40.5 Å². The first-order valence-corrected chi connectivity index (χ1v) is 5.76. The number of rotatable bonds is 2. The lowest BCUT2D eigenvalue weighted by Gasteiger charge is -2.31. The Morgan fingerprint density at radius 1 is 1.38 bits per heavy atom. The molecule has 0 aliphatic carbocycles. The number of carbonyl (C=O) groups is 1. The average Bonchev–Trinajstić information content (AvgIpc) is 2.39. The first-order chi connectivity index (χ1) is 7.81. The smallest absolute Gasteiger partial charge is 0.253 e. The van der Waals surface area contributed by atoms with E-state index < -0.39 is 0 Å². The fourth-order valence-corrected chi connectivity index (χ4v) is 2.16. The van der Waals surface area contributed by atoms with Crippen molar-refractivity contribution in [1.82, 2.24) is 4.90 Å². The maximum atomic E-state index is 12.1. The van der Waals surface area contributed by atoms with Gasteiger partial charge in [-0.15, -0.1) is 0 Å². The molecule has 0 spiro atoms. The number of piperidine rings is 1. The van der Waals surface area contributed by atoms with Gasteiger partial charge in [-0.3, -0.25) is 4.79 Å². The predicted octanol–water partition coefficient (Wildman–Crippen LogP) is 1.53. The number of amides is 1. The molecule has 1 saturated heterocycles. The SMILES string of the molecule is O=C(c1ccccc1)N1CCC[C@@H](CO)C1. The molecule has 1 heterocycles. The molecular formula is C13H17NO2. The van der Waals surface area contributed by atoms with E-state index in [1.807, 2.05) is 35.2 Å². The zero-order valence-electron chi connectivity index (χ0n) is 9.30. The molecule has 16 heavy (non-hydrogen) atoms. The van der Waals surface area contributed by atoms with E-state index in [9.17, 15) is 4.79 Å². The third-order valence-corrected chi connectivity index (χ3v) is 3.09. The molecule has 3 heteroatoms. The van der Waals surface area contributed by atoms with E-state index in [0.29, 0.717) is 6.54 Å². The first-order valence-electron chi connectivity index (χ1n) is 5.76. The number of likely N-dealkylation sites (tertiary alicyclic amines) is 1. The monoisotopic (exact) mass is 219 g/mol. The van der Waals surface area contributed by atoms with Crippen molar-refractivity contribution in [2.45, 2.75) is 12.8 Å². The minimum atomic E-state index is 0.0822. The fourth-order valence-electron chi connectivity index (χ4n) is 2.16. The number of nitrogens with zero attached hydrogens (tertiary/aromatic N) is 1. The summed E-state index contributed by atoms with van der Waals surface area (Å²) in [6, 6.07) is 9.33. The zero-order valence-corrected chi connectivity index (χ0v) is 9.30. The lowest BCUT2D eigenvalue weighted by molar-refractivity contribution is 0.0620. The molecule has 86 valence electrons. The highest BCUT2D eigenvalue weighted by molar-refractivity contribution is 5.94. The van der Waals surface area contributed by atoms with E-state index in [1.165, 1.54) is 0 Å². The van der Waals surface area contributed by atoms with Gasteiger partial charge in [0.25, 0.3) is 5.91 Å². The van der Waals surface area contributed by atoms with Gasteiger partial charge in [0.15, 0.2) is 0 Å². The van der Waals surface area contributed by atoms with Gasteiger partial charge in [-0.05, 0) is 30.9 Å². The Labute approximate surface area is 95.7 Å². The molecule has 3 nitrogen and oxygen atoms in total. The average molecular weight is 219 g/mol. The van der Waals surface area contributed by atoms with Crippen molar-refractivity contribution in [2.24, 2.45) is 5.92 Å². The summed E-state index contributed by atoms with van der Waals surface area (Å²) in [5.41, 5.74) is 0.737. The quantitative estimate of drug-likeness (QED) is 0.819. The van der Waals surface area contributed by atoms with Crippen LogP contribution in [-0.4, -0.2) is 35.6 Å². The van der Waals surface area contributed by atoms with Crippen LogP contribution in [0.5, 0.6) is 0 Å². The zero-order chi connectivity index (χ0) is 11.4. The molecule has 1 aromatic carbocycles. The molecule has 0 aromatic heterocycles. The molecule has 1 aliphatic heterocycles. The lowest BCUT2D eigenvalue weighted by Crippen LogP contribution is -2.40. The molecule has 0 unspecified atom stereocenters.